The zero-order valence-electron chi connectivity index (χ0n) is 16.6. The number of hydrogen-bond donors (Lipinski definition) is 2. The Morgan fingerprint density at radius 3 is 2.30 bits per heavy atom. The Morgan fingerprint density at radius 1 is 0.933 bits per heavy atom. The van der Waals surface area contributed by atoms with Crippen molar-refractivity contribution in [1.29, 1.82) is 0 Å². The highest BCUT2D eigenvalue weighted by Gasteiger charge is 2.21. The molecule has 2 N–H and O–H groups in total. The van der Waals surface area contributed by atoms with Crippen molar-refractivity contribution in [3.8, 4) is 5.75 Å². The topological polar surface area (TPSA) is 67.4 Å². The maximum Gasteiger partial charge on any atom is 0.265 e. The third kappa shape index (κ3) is 5.67. The molecule has 1 atom stereocenters. The van der Waals surface area contributed by atoms with Crippen molar-refractivity contribution in [3.63, 3.8) is 0 Å². The van der Waals surface area contributed by atoms with E-state index < -0.39 is 6.10 Å². The lowest BCUT2D eigenvalue weighted by Crippen LogP contribution is -2.33. The van der Waals surface area contributed by atoms with E-state index in [1.807, 2.05) is 37.3 Å². The molecule has 0 fully saturated rings. The second-order valence-corrected chi connectivity index (χ2v) is 6.67. The first kappa shape index (κ1) is 21.0. The predicted octanol–water partition coefficient (Wildman–Crippen LogP) is 4.55. The number of ether oxygens (including phenoxy) is 1. The Kier molecular flexibility index (Phi) is 7.16. The smallest absolute Gasteiger partial charge is 0.265 e. The summed E-state index contributed by atoms with van der Waals surface area (Å²) in [5, 5.41) is 5.63. The average Bonchev–Trinajstić information content (AvgIpc) is 2.78. The van der Waals surface area contributed by atoms with Crippen LogP contribution in [0.5, 0.6) is 5.75 Å². The van der Waals surface area contributed by atoms with Gasteiger partial charge in [0.1, 0.15) is 11.6 Å². The first-order chi connectivity index (χ1) is 14.6. The fourth-order valence-electron chi connectivity index (χ4n) is 2.88. The zero-order valence-corrected chi connectivity index (χ0v) is 16.6. The molecule has 0 unspecified atom stereocenters. The highest BCUT2D eigenvalue weighted by atomic mass is 19.1. The number of amides is 2. The molecule has 3 aromatic rings. The van der Waals surface area contributed by atoms with Gasteiger partial charge < -0.3 is 15.4 Å². The molecule has 0 heterocycles. The molecule has 154 valence electrons. The van der Waals surface area contributed by atoms with E-state index in [0.717, 1.165) is 5.56 Å². The summed E-state index contributed by atoms with van der Waals surface area (Å²) in [6, 6.07) is 21.8. The van der Waals surface area contributed by atoms with E-state index in [4.69, 9.17) is 4.74 Å². The van der Waals surface area contributed by atoms with Gasteiger partial charge in [0, 0.05) is 6.54 Å². The normalized spacial score (nSPS) is 11.4. The molecular formula is C24H23FN2O3. The monoisotopic (exact) mass is 406 g/mol. The summed E-state index contributed by atoms with van der Waals surface area (Å²) in [6.45, 7) is 2.19. The van der Waals surface area contributed by atoms with Crippen molar-refractivity contribution >= 4 is 17.5 Å². The highest BCUT2D eigenvalue weighted by Crippen LogP contribution is 2.18. The Balaban J connectivity index is 1.67. The molecule has 0 bridgehead atoms. The van der Waals surface area contributed by atoms with Gasteiger partial charge in [-0.25, -0.2) is 4.39 Å². The molecule has 0 aliphatic rings. The molecular weight excluding hydrogens is 383 g/mol. The van der Waals surface area contributed by atoms with Gasteiger partial charge in [-0.3, -0.25) is 9.59 Å². The van der Waals surface area contributed by atoms with Gasteiger partial charge in [0.15, 0.2) is 6.10 Å². The number of nitrogens with one attached hydrogen (secondary N) is 2. The van der Waals surface area contributed by atoms with Crippen LogP contribution in [0.1, 0.15) is 29.3 Å². The lowest BCUT2D eigenvalue weighted by atomic mass is 10.1. The second kappa shape index (κ2) is 10.2. The Morgan fingerprint density at radius 2 is 1.60 bits per heavy atom. The van der Waals surface area contributed by atoms with E-state index in [2.05, 4.69) is 10.6 Å². The van der Waals surface area contributed by atoms with Crippen molar-refractivity contribution in [2.75, 3.05) is 5.32 Å². The van der Waals surface area contributed by atoms with Gasteiger partial charge in [-0.05, 0) is 48.4 Å². The molecule has 0 saturated carbocycles. The van der Waals surface area contributed by atoms with Crippen LogP contribution < -0.4 is 15.4 Å². The Labute approximate surface area is 174 Å². The van der Waals surface area contributed by atoms with Crippen molar-refractivity contribution in [2.45, 2.75) is 26.0 Å². The predicted molar refractivity (Wildman–Crippen MR) is 114 cm³/mol. The minimum Gasteiger partial charge on any atom is -0.481 e. The maximum absolute atomic E-state index is 13.1. The van der Waals surface area contributed by atoms with Gasteiger partial charge in [0.2, 0.25) is 0 Å². The molecule has 5 nitrogen and oxygen atoms in total. The number of hydrogen-bond acceptors (Lipinski definition) is 3. The maximum atomic E-state index is 13.1. The molecule has 6 heteroatoms. The minimum atomic E-state index is -0.782. The molecule has 0 aliphatic heterocycles. The summed E-state index contributed by atoms with van der Waals surface area (Å²) < 4.78 is 18.7. The number of benzene rings is 3. The summed E-state index contributed by atoms with van der Waals surface area (Å²) >= 11 is 0. The van der Waals surface area contributed by atoms with E-state index in [1.54, 1.807) is 24.3 Å². The molecule has 30 heavy (non-hydrogen) atoms. The third-order valence-corrected chi connectivity index (χ3v) is 4.48. The molecule has 0 aromatic heterocycles. The van der Waals surface area contributed by atoms with Crippen LogP contribution in [0.3, 0.4) is 0 Å². The average molecular weight is 406 g/mol. The molecule has 3 rings (SSSR count). The first-order valence-electron chi connectivity index (χ1n) is 9.71. The minimum absolute atomic E-state index is 0.290. The number of rotatable bonds is 8. The Hall–Kier alpha value is -3.67. The second-order valence-electron chi connectivity index (χ2n) is 6.67. The van der Waals surface area contributed by atoms with Crippen molar-refractivity contribution in [3.05, 3.63) is 95.8 Å². The summed E-state index contributed by atoms with van der Waals surface area (Å²) in [6.07, 6.45) is -0.373. The summed E-state index contributed by atoms with van der Waals surface area (Å²) in [4.78, 5) is 25.4. The summed E-state index contributed by atoms with van der Waals surface area (Å²) in [7, 11) is 0. The van der Waals surface area contributed by atoms with Gasteiger partial charge in [0.25, 0.3) is 11.8 Å². The number of para-hydroxylation sites is 1. The van der Waals surface area contributed by atoms with Crippen molar-refractivity contribution < 1.29 is 18.7 Å². The highest BCUT2D eigenvalue weighted by molar-refractivity contribution is 6.04. The third-order valence-electron chi connectivity index (χ3n) is 4.48. The van der Waals surface area contributed by atoms with Gasteiger partial charge >= 0.3 is 0 Å². The molecule has 0 radical (unpaired) electrons. The SMILES string of the molecule is CC[C@H](Oc1ccc(F)cc1)C(=O)Nc1ccccc1C(=O)NCc1ccccc1. The van der Waals surface area contributed by atoms with Gasteiger partial charge in [-0.15, -0.1) is 0 Å². The molecule has 3 aromatic carbocycles. The molecule has 0 aliphatic carbocycles. The van der Waals surface area contributed by atoms with E-state index in [1.165, 1.54) is 24.3 Å². The standard InChI is InChI=1S/C24H23FN2O3/c1-2-22(30-19-14-12-18(25)13-15-19)24(29)27-21-11-7-6-10-20(21)23(28)26-16-17-8-4-3-5-9-17/h3-15,22H,2,16H2,1H3,(H,26,28)(H,27,29)/t22-/m0/s1. The molecule has 0 saturated heterocycles. The van der Waals surface area contributed by atoms with E-state index in [-0.39, 0.29) is 17.6 Å². The first-order valence-corrected chi connectivity index (χ1v) is 9.71. The van der Waals surface area contributed by atoms with Crippen LogP contribution in [-0.4, -0.2) is 17.9 Å². The molecule has 2 amide bonds. The van der Waals surface area contributed by atoms with Crippen LogP contribution in [0.2, 0.25) is 0 Å². The number of carbonyl (C=O) groups excluding carboxylic acids is 2. The number of anilines is 1. The largest absolute Gasteiger partial charge is 0.481 e. The summed E-state index contributed by atoms with van der Waals surface area (Å²) in [5.74, 6) is -0.657. The van der Waals surface area contributed by atoms with Gasteiger partial charge in [-0.1, -0.05) is 49.4 Å². The number of carbonyl (C=O) groups is 2. The fourth-order valence-corrected chi connectivity index (χ4v) is 2.88. The fraction of sp³-hybridized carbons (Fsp3) is 0.167. The summed E-state index contributed by atoms with van der Waals surface area (Å²) in [5.41, 5.74) is 1.73. The Bertz CT molecular complexity index is 991. The van der Waals surface area contributed by atoms with Gasteiger partial charge in [-0.2, -0.15) is 0 Å². The van der Waals surface area contributed by atoms with E-state index in [9.17, 15) is 14.0 Å². The lowest BCUT2D eigenvalue weighted by Gasteiger charge is -2.18. The quantitative estimate of drug-likeness (QED) is 0.577. The van der Waals surface area contributed by atoms with Crippen molar-refractivity contribution in [2.24, 2.45) is 0 Å². The lowest BCUT2D eigenvalue weighted by molar-refractivity contribution is -0.122. The van der Waals surface area contributed by atoms with Crippen LogP contribution in [0.15, 0.2) is 78.9 Å². The number of halogens is 1. The molecule has 0 spiro atoms. The van der Waals surface area contributed by atoms with Crippen molar-refractivity contribution in [1.82, 2.24) is 5.32 Å². The zero-order chi connectivity index (χ0) is 21.3. The van der Waals surface area contributed by atoms with Gasteiger partial charge in [0.05, 0.1) is 11.3 Å². The van der Waals surface area contributed by atoms with Crippen LogP contribution in [0.25, 0.3) is 0 Å². The van der Waals surface area contributed by atoms with Crippen LogP contribution in [-0.2, 0) is 11.3 Å². The van der Waals surface area contributed by atoms with E-state index >= 15 is 0 Å². The van der Waals surface area contributed by atoms with Crippen LogP contribution in [0.4, 0.5) is 10.1 Å². The van der Waals surface area contributed by atoms with E-state index in [0.29, 0.717) is 30.0 Å². The van der Waals surface area contributed by atoms with Crippen LogP contribution >= 0.6 is 0 Å². The van der Waals surface area contributed by atoms with Crippen LogP contribution in [0, 0.1) is 5.82 Å².